The van der Waals surface area contributed by atoms with Gasteiger partial charge in [0.25, 0.3) is 0 Å². The maximum atomic E-state index is 11.8. The zero-order valence-corrected chi connectivity index (χ0v) is 13.4. The van der Waals surface area contributed by atoms with Gasteiger partial charge in [-0.25, -0.2) is 0 Å². The third-order valence-corrected chi connectivity index (χ3v) is 3.74. The maximum Gasteiger partial charge on any atom is 0.224 e. The first-order chi connectivity index (χ1) is 9.34. The number of aliphatic hydroxyl groups is 1. The Bertz CT molecular complexity index is 461. The molecule has 0 atom stereocenters. The predicted octanol–water partition coefficient (Wildman–Crippen LogP) is 3.45. The molecule has 0 saturated carbocycles. The molecule has 0 aromatic heterocycles. The lowest BCUT2D eigenvalue weighted by Gasteiger charge is -2.21. The molecule has 1 amide bonds. The zero-order valence-electron chi connectivity index (χ0n) is 11.9. The Morgan fingerprint density at radius 3 is 2.70 bits per heavy atom. The summed E-state index contributed by atoms with van der Waals surface area (Å²) in [5.74, 6) is -0.0732. The van der Waals surface area contributed by atoms with Crippen LogP contribution < -0.4 is 5.32 Å². The van der Waals surface area contributed by atoms with E-state index < -0.39 is 0 Å². The van der Waals surface area contributed by atoms with Crippen molar-refractivity contribution in [2.45, 2.75) is 33.1 Å². The molecule has 0 spiro atoms. The lowest BCUT2D eigenvalue weighted by molar-refractivity contribution is -0.120. The molecule has 0 fully saturated rings. The number of halogens is 2. The molecule has 0 radical (unpaired) electrons. The first-order valence-corrected chi connectivity index (χ1v) is 7.41. The van der Waals surface area contributed by atoms with Gasteiger partial charge in [0.05, 0.1) is 6.42 Å². The molecule has 0 saturated heterocycles. The van der Waals surface area contributed by atoms with Crippen LogP contribution in [0.15, 0.2) is 18.2 Å². The van der Waals surface area contributed by atoms with Gasteiger partial charge in [0, 0.05) is 23.2 Å². The van der Waals surface area contributed by atoms with Crippen LogP contribution in [-0.4, -0.2) is 24.2 Å². The van der Waals surface area contributed by atoms with Crippen molar-refractivity contribution in [1.82, 2.24) is 5.32 Å². The molecule has 0 aliphatic heterocycles. The normalized spacial score (nSPS) is 11.4. The maximum absolute atomic E-state index is 11.8. The van der Waals surface area contributed by atoms with Crippen LogP contribution in [0, 0.1) is 5.41 Å². The molecule has 5 heteroatoms. The minimum Gasteiger partial charge on any atom is -0.396 e. The van der Waals surface area contributed by atoms with Gasteiger partial charge in [0.15, 0.2) is 0 Å². The molecule has 1 aromatic carbocycles. The number of hydrogen-bond donors (Lipinski definition) is 2. The first-order valence-electron chi connectivity index (χ1n) is 6.65. The average Bonchev–Trinajstić information content (AvgIpc) is 2.39. The van der Waals surface area contributed by atoms with Crippen LogP contribution in [-0.2, 0) is 11.2 Å². The minimum absolute atomic E-state index is 0.0732. The van der Waals surface area contributed by atoms with Gasteiger partial charge < -0.3 is 10.4 Å². The minimum atomic E-state index is -0.0962. The molecule has 0 heterocycles. The third kappa shape index (κ3) is 6.12. The van der Waals surface area contributed by atoms with Crippen molar-refractivity contribution in [1.29, 1.82) is 0 Å². The van der Waals surface area contributed by atoms with E-state index in [1.165, 1.54) is 0 Å². The van der Waals surface area contributed by atoms with E-state index >= 15 is 0 Å². The van der Waals surface area contributed by atoms with Crippen LogP contribution in [0.1, 0.15) is 32.3 Å². The highest BCUT2D eigenvalue weighted by atomic mass is 35.5. The van der Waals surface area contributed by atoms with Gasteiger partial charge in [0.2, 0.25) is 5.91 Å². The number of aliphatic hydroxyl groups excluding tert-OH is 1. The summed E-state index contributed by atoms with van der Waals surface area (Å²) in [7, 11) is 0. The second kappa shape index (κ2) is 7.87. The van der Waals surface area contributed by atoms with Crippen molar-refractivity contribution in [2.75, 3.05) is 13.2 Å². The van der Waals surface area contributed by atoms with Crippen LogP contribution in [0.25, 0.3) is 0 Å². The Kier molecular flexibility index (Phi) is 6.80. The zero-order chi connectivity index (χ0) is 15.2. The number of benzene rings is 1. The van der Waals surface area contributed by atoms with Gasteiger partial charge in [-0.1, -0.05) is 37.0 Å². The number of amides is 1. The van der Waals surface area contributed by atoms with Gasteiger partial charge in [-0.05, 0) is 42.0 Å². The van der Waals surface area contributed by atoms with Crippen molar-refractivity contribution in [3.8, 4) is 0 Å². The summed E-state index contributed by atoms with van der Waals surface area (Å²) < 4.78 is 0. The topological polar surface area (TPSA) is 49.3 Å². The summed E-state index contributed by atoms with van der Waals surface area (Å²) in [5.41, 5.74) is 0.633. The molecular formula is C15H21Cl2NO2. The predicted molar refractivity (Wildman–Crippen MR) is 83.3 cm³/mol. The van der Waals surface area contributed by atoms with E-state index in [2.05, 4.69) is 5.32 Å². The summed E-state index contributed by atoms with van der Waals surface area (Å²) >= 11 is 11.9. The van der Waals surface area contributed by atoms with Gasteiger partial charge in [-0.15, -0.1) is 0 Å². The number of carbonyl (C=O) groups is 1. The van der Waals surface area contributed by atoms with Crippen LogP contribution in [0.4, 0.5) is 0 Å². The van der Waals surface area contributed by atoms with E-state index in [4.69, 9.17) is 28.3 Å². The number of nitrogens with one attached hydrogen (secondary N) is 1. The molecule has 1 aromatic rings. The number of carbonyl (C=O) groups excluding carboxylic acids is 1. The Balaban J connectivity index is 2.36. The highest BCUT2D eigenvalue weighted by Crippen LogP contribution is 2.21. The lowest BCUT2D eigenvalue weighted by atomic mass is 9.89. The number of rotatable bonds is 7. The van der Waals surface area contributed by atoms with Gasteiger partial charge in [-0.2, -0.15) is 0 Å². The molecule has 20 heavy (non-hydrogen) atoms. The highest BCUT2D eigenvalue weighted by Gasteiger charge is 2.15. The lowest BCUT2D eigenvalue weighted by Crippen LogP contribution is -2.27. The third-order valence-electron chi connectivity index (χ3n) is 3.14. The smallest absolute Gasteiger partial charge is 0.224 e. The second-order valence-corrected chi connectivity index (χ2v) is 6.53. The second-order valence-electron chi connectivity index (χ2n) is 5.69. The molecule has 0 unspecified atom stereocenters. The fraction of sp³-hybridized carbons (Fsp3) is 0.533. The van der Waals surface area contributed by atoms with Crippen molar-refractivity contribution in [3.05, 3.63) is 33.8 Å². The van der Waals surface area contributed by atoms with Crippen molar-refractivity contribution in [3.63, 3.8) is 0 Å². The highest BCUT2D eigenvalue weighted by molar-refractivity contribution is 6.33. The van der Waals surface area contributed by atoms with E-state index in [1.54, 1.807) is 18.2 Å². The van der Waals surface area contributed by atoms with Gasteiger partial charge in [-0.3, -0.25) is 4.79 Å². The Morgan fingerprint density at radius 1 is 1.35 bits per heavy atom. The molecular weight excluding hydrogens is 297 g/mol. The van der Waals surface area contributed by atoms with Gasteiger partial charge >= 0.3 is 0 Å². The van der Waals surface area contributed by atoms with Crippen LogP contribution >= 0.6 is 23.2 Å². The van der Waals surface area contributed by atoms with E-state index in [0.29, 0.717) is 16.6 Å². The average molecular weight is 318 g/mol. The monoisotopic (exact) mass is 317 g/mol. The summed E-state index contributed by atoms with van der Waals surface area (Å²) in [4.78, 5) is 11.8. The Morgan fingerprint density at radius 2 is 2.05 bits per heavy atom. The quantitative estimate of drug-likeness (QED) is 0.757. The van der Waals surface area contributed by atoms with Crippen molar-refractivity contribution in [2.24, 2.45) is 5.41 Å². The molecule has 2 N–H and O–H groups in total. The van der Waals surface area contributed by atoms with Crippen LogP contribution in [0.2, 0.25) is 10.0 Å². The number of hydrogen-bond acceptors (Lipinski definition) is 2. The molecule has 0 aliphatic carbocycles. The summed E-state index contributed by atoms with van der Waals surface area (Å²) in [5, 5.41) is 13.1. The summed E-state index contributed by atoms with van der Waals surface area (Å²) in [6.07, 6.45) is 1.92. The molecule has 0 bridgehead atoms. The summed E-state index contributed by atoms with van der Waals surface area (Å²) in [6.45, 7) is 4.75. The Labute approximate surface area is 130 Å². The fourth-order valence-corrected chi connectivity index (χ4v) is 2.17. The Hall–Kier alpha value is -0.770. The van der Waals surface area contributed by atoms with Crippen molar-refractivity contribution < 1.29 is 9.90 Å². The molecule has 0 aliphatic rings. The van der Waals surface area contributed by atoms with Gasteiger partial charge in [0.1, 0.15) is 0 Å². The van der Waals surface area contributed by atoms with E-state index in [-0.39, 0.29) is 24.3 Å². The summed E-state index contributed by atoms with van der Waals surface area (Å²) in [6, 6.07) is 5.09. The standard InChI is InChI=1S/C15H21Cl2NO2/c1-15(2,10-19)6-3-7-18-14(20)9-11-8-12(16)4-5-13(11)17/h4-5,8,19H,3,6-7,9-10H2,1-2H3,(H,18,20). The van der Waals surface area contributed by atoms with Crippen molar-refractivity contribution >= 4 is 29.1 Å². The SMILES string of the molecule is CC(C)(CO)CCCNC(=O)Cc1cc(Cl)ccc1Cl. The van der Waals surface area contributed by atoms with E-state index in [0.717, 1.165) is 18.4 Å². The first kappa shape index (κ1) is 17.3. The fourth-order valence-electron chi connectivity index (χ4n) is 1.79. The van der Waals surface area contributed by atoms with E-state index in [1.807, 2.05) is 13.8 Å². The van der Waals surface area contributed by atoms with E-state index in [9.17, 15) is 4.79 Å². The molecule has 3 nitrogen and oxygen atoms in total. The molecule has 112 valence electrons. The largest absolute Gasteiger partial charge is 0.396 e. The molecule has 1 rings (SSSR count). The van der Waals surface area contributed by atoms with Crippen LogP contribution in [0.5, 0.6) is 0 Å². The van der Waals surface area contributed by atoms with Crippen LogP contribution in [0.3, 0.4) is 0 Å².